The molecule has 1 aromatic rings. The standard InChI is InChI=1S/C9H10N2OS/c1-3-12-5-8(4-10)9-11-7(2)6-13-9/h5-6H,3H2,1-2H3/b8-5+. The largest absolute Gasteiger partial charge is 0.500 e. The van der Waals surface area contributed by atoms with Crippen LogP contribution in [-0.4, -0.2) is 11.6 Å². The monoisotopic (exact) mass is 194 g/mol. The van der Waals surface area contributed by atoms with Crippen molar-refractivity contribution in [2.45, 2.75) is 13.8 Å². The number of hydrogen-bond donors (Lipinski definition) is 0. The van der Waals surface area contributed by atoms with Crippen LogP contribution >= 0.6 is 11.3 Å². The van der Waals surface area contributed by atoms with Crippen LogP contribution in [0.5, 0.6) is 0 Å². The number of allylic oxidation sites excluding steroid dienone is 1. The van der Waals surface area contributed by atoms with Crippen molar-refractivity contribution in [3.05, 3.63) is 22.3 Å². The van der Waals surface area contributed by atoms with Gasteiger partial charge in [-0.15, -0.1) is 11.3 Å². The number of aryl methyl sites for hydroxylation is 1. The van der Waals surface area contributed by atoms with Crippen molar-refractivity contribution >= 4 is 16.9 Å². The van der Waals surface area contributed by atoms with E-state index in [1.807, 2.05) is 19.2 Å². The van der Waals surface area contributed by atoms with E-state index in [2.05, 4.69) is 11.1 Å². The van der Waals surface area contributed by atoms with Crippen molar-refractivity contribution in [3.8, 4) is 6.07 Å². The molecular weight excluding hydrogens is 184 g/mol. The van der Waals surface area contributed by atoms with Gasteiger partial charge in [-0.1, -0.05) is 0 Å². The van der Waals surface area contributed by atoms with Gasteiger partial charge in [-0.3, -0.25) is 0 Å². The summed E-state index contributed by atoms with van der Waals surface area (Å²) in [5, 5.41) is 11.4. The quantitative estimate of drug-likeness (QED) is 0.548. The number of thiazole rings is 1. The Bertz CT molecular complexity index is 349. The number of nitrogens with zero attached hydrogens (tertiary/aromatic N) is 2. The lowest BCUT2D eigenvalue weighted by Crippen LogP contribution is -1.84. The Morgan fingerprint density at radius 1 is 1.85 bits per heavy atom. The van der Waals surface area contributed by atoms with Gasteiger partial charge in [0.05, 0.1) is 6.61 Å². The highest BCUT2D eigenvalue weighted by Crippen LogP contribution is 2.18. The molecular formula is C9H10N2OS. The second-order valence-corrected chi connectivity index (χ2v) is 3.25. The Morgan fingerprint density at radius 2 is 2.62 bits per heavy atom. The zero-order valence-corrected chi connectivity index (χ0v) is 8.39. The molecule has 0 radical (unpaired) electrons. The zero-order chi connectivity index (χ0) is 9.68. The lowest BCUT2D eigenvalue weighted by atomic mass is 10.3. The molecule has 0 fully saturated rings. The van der Waals surface area contributed by atoms with Crippen molar-refractivity contribution < 1.29 is 4.74 Å². The molecule has 0 atom stereocenters. The van der Waals surface area contributed by atoms with Crippen molar-refractivity contribution in [2.75, 3.05) is 6.61 Å². The molecule has 4 heteroatoms. The summed E-state index contributed by atoms with van der Waals surface area (Å²) in [4.78, 5) is 4.18. The molecule has 0 aliphatic rings. The summed E-state index contributed by atoms with van der Waals surface area (Å²) < 4.78 is 5.03. The average Bonchev–Trinajstić information content (AvgIpc) is 2.54. The van der Waals surface area contributed by atoms with Crippen LogP contribution in [0.25, 0.3) is 5.57 Å². The molecule has 0 saturated heterocycles. The number of rotatable bonds is 3. The summed E-state index contributed by atoms with van der Waals surface area (Å²) in [6.45, 7) is 4.34. The lowest BCUT2D eigenvalue weighted by Gasteiger charge is -1.94. The fourth-order valence-corrected chi connectivity index (χ4v) is 1.52. The highest BCUT2D eigenvalue weighted by molar-refractivity contribution is 7.10. The summed E-state index contributed by atoms with van der Waals surface area (Å²) in [7, 11) is 0. The molecule has 0 amide bonds. The third kappa shape index (κ3) is 2.56. The summed E-state index contributed by atoms with van der Waals surface area (Å²) >= 11 is 1.45. The van der Waals surface area contributed by atoms with Crippen molar-refractivity contribution in [2.24, 2.45) is 0 Å². The molecule has 68 valence electrons. The summed E-state index contributed by atoms with van der Waals surface area (Å²) in [5.74, 6) is 0. The topological polar surface area (TPSA) is 45.9 Å². The van der Waals surface area contributed by atoms with Crippen LogP contribution in [-0.2, 0) is 4.74 Å². The van der Waals surface area contributed by atoms with Crippen molar-refractivity contribution in [3.63, 3.8) is 0 Å². The Kier molecular flexibility index (Phi) is 3.47. The van der Waals surface area contributed by atoms with Gasteiger partial charge in [-0.05, 0) is 13.8 Å². The first-order chi connectivity index (χ1) is 6.27. The summed E-state index contributed by atoms with van der Waals surface area (Å²) in [6.07, 6.45) is 1.46. The fourth-order valence-electron chi connectivity index (χ4n) is 0.769. The molecule has 0 aromatic carbocycles. The summed E-state index contributed by atoms with van der Waals surface area (Å²) in [6, 6.07) is 2.05. The smallest absolute Gasteiger partial charge is 0.137 e. The van der Waals surface area contributed by atoms with E-state index in [0.29, 0.717) is 17.2 Å². The molecule has 3 nitrogen and oxygen atoms in total. The van der Waals surface area contributed by atoms with Crippen molar-refractivity contribution in [1.82, 2.24) is 4.98 Å². The highest BCUT2D eigenvalue weighted by Gasteiger charge is 2.04. The third-order valence-corrected chi connectivity index (χ3v) is 2.33. The SMILES string of the molecule is CCO/C=C(\C#N)c1nc(C)cs1. The maximum Gasteiger partial charge on any atom is 0.137 e. The van der Waals surface area contributed by atoms with E-state index in [1.165, 1.54) is 17.6 Å². The molecule has 13 heavy (non-hydrogen) atoms. The minimum Gasteiger partial charge on any atom is -0.500 e. The minimum atomic E-state index is 0.486. The molecule has 1 rings (SSSR count). The summed E-state index contributed by atoms with van der Waals surface area (Å²) in [5.41, 5.74) is 1.41. The maximum atomic E-state index is 8.78. The molecule has 1 heterocycles. The first kappa shape index (κ1) is 9.75. The van der Waals surface area contributed by atoms with Crippen LogP contribution < -0.4 is 0 Å². The van der Waals surface area contributed by atoms with Crippen LogP contribution in [0, 0.1) is 18.3 Å². The van der Waals surface area contributed by atoms with Crippen LogP contribution in [0.15, 0.2) is 11.6 Å². The van der Waals surface area contributed by atoms with Crippen molar-refractivity contribution in [1.29, 1.82) is 5.26 Å². The average molecular weight is 194 g/mol. The van der Waals surface area contributed by atoms with Gasteiger partial charge >= 0.3 is 0 Å². The van der Waals surface area contributed by atoms with Crippen LogP contribution in [0.4, 0.5) is 0 Å². The number of nitriles is 1. The highest BCUT2D eigenvalue weighted by atomic mass is 32.1. The Hall–Kier alpha value is -1.34. The first-order valence-electron chi connectivity index (χ1n) is 3.92. The molecule has 0 aliphatic carbocycles. The maximum absolute atomic E-state index is 8.78. The predicted octanol–water partition coefficient (Wildman–Crippen LogP) is 2.35. The van der Waals surface area contributed by atoms with Gasteiger partial charge in [0.25, 0.3) is 0 Å². The van der Waals surface area contributed by atoms with Gasteiger partial charge in [0.2, 0.25) is 0 Å². The first-order valence-corrected chi connectivity index (χ1v) is 4.80. The molecule has 0 bridgehead atoms. The van der Waals surface area contributed by atoms with E-state index in [4.69, 9.17) is 10.00 Å². The normalized spacial score (nSPS) is 11.0. The fraction of sp³-hybridized carbons (Fsp3) is 0.333. The predicted molar refractivity (Wildman–Crippen MR) is 52.1 cm³/mol. The van der Waals surface area contributed by atoms with E-state index in [9.17, 15) is 0 Å². The molecule has 0 unspecified atom stereocenters. The second-order valence-electron chi connectivity index (χ2n) is 2.39. The third-order valence-electron chi connectivity index (χ3n) is 1.34. The Morgan fingerprint density at radius 3 is 3.08 bits per heavy atom. The number of hydrogen-bond acceptors (Lipinski definition) is 4. The van der Waals surface area contributed by atoms with Gasteiger partial charge < -0.3 is 4.74 Å². The van der Waals surface area contributed by atoms with E-state index >= 15 is 0 Å². The van der Waals surface area contributed by atoms with Crippen LogP contribution in [0.2, 0.25) is 0 Å². The van der Waals surface area contributed by atoms with Gasteiger partial charge in [0, 0.05) is 11.1 Å². The Balaban J connectivity index is 2.86. The minimum absolute atomic E-state index is 0.486. The van der Waals surface area contributed by atoms with Gasteiger partial charge in [0.15, 0.2) is 0 Å². The van der Waals surface area contributed by atoms with E-state index in [1.54, 1.807) is 0 Å². The molecule has 0 N–H and O–H groups in total. The Labute approximate surface area is 81.3 Å². The molecule has 0 saturated carbocycles. The van der Waals surface area contributed by atoms with Gasteiger partial charge in [0.1, 0.15) is 22.9 Å². The molecule has 0 aliphatic heterocycles. The van der Waals surface area contributed by atoms with Gasteiger partial charge in [-0.2, -0.15) is 5.26 Å². The van der Waals surface area contributed by atoms with E-state index in [0.717, 1.165) is 5.69 Å². The van der Waals surface area contributed by atoms with E-state index in [-0.39, 0.29) is 0 Å². The second kappa shape index (κ2) is 4.63. The van der Waals surface area contributed by atoms with Gasteiger partial charge in [-0.25, -0.2) is 4.98 Å². The lowest BCUT2D eigenvalue weighted by molar-refractivity contribution is 0.271. The van der Waals surface area contributed by atoms with Crippen LogP contribution in [0.3, 0.4) is 0 Å². The molecule has 1 aromatic heterocycles. The number of ether oxygens (including phenoxy) is 1. The molecule has 0 spiro atoms. The van der Waals surface area contributed by atoms with Crippen LogP contribution in [0.1, 0.15) is 17.6 Å². The van der Waals surface area contributed by atoms with E-state index < -0.39 is 0 Å². The number of aromatic nitrogens is 1. The zero-order valence-electron chi connectivity index (χ0n) is 7.57.